The summed E-state index contributed by atoms with van der Waals surface area (Å²) in [5.74, 6) is 1.38. The Morgan fingerprint density at radius 1 is 1.14 bits per heavy atom. The molecule has 0 saturated carbocycles. The Labute approximate surface area is 166 Å². The zero-order valence-corrected chi connectivity index (χ0v) is 17.1. The molecule has 4 heterocycles. The van der Waals surface area contributed by atoms with Gasteiger partial charge in [-0.15, -0.1) is 0 Å². The van der Waals surface area contributed by atoms with E-state index in [1.807, 2.05) is 23.3 Å². The molecular weight excluding hydrogens is 356 g/mol. The molecule has 1 aromatic heterocycles. The average Bonchev–Trinajstić information content (AvgIpc) is 2.97. The maximum atomic E-state index is 12.7. The third kappa shape index (κ3) is 4.30. The molecule has 0 spiro atoms. The smallest absolute Gasteiger partial charge is 0.253 e. The van der Waals surface area contributed by atoms with E-state index in [9.17, 15) is 9.59 Å². The van der Waals surface area contributed by atoms with Crippen molar-refractivity contribution in [3.63, 3.8) is 0 Å². The van der Waals surface area contributed by atoms with Crippen LogP contribution in [0.5, 0.6) is 0 Å². The fourth-order valence-electron chi connectivity index (χ4n) is 4.83. The van der Waals surface area contributed by atoms with E-state index in [1.165, 1.54) is 0 Å². The number of nitrogens with zero attached hydrogens (tertiary/aromatic N) is 4. The van der Waals surface area contributed by atoms with Crippen molar-refractivity contribution in [1.82, 2.24) is 19.4 Å². The maximum Gasteiger partial charge on any atom is 0.253 e. The summed E-state index contributed by atoms with van der Waals surface area (Å²) in [6.45, 7) is 8.30. The van der Waals surface area contributed by atoms with Crippen molar-refractivity contribution in [2.75, 3.05) is 32.7 Å². The summed E-state index contributed by atoms with van der Waals surface area (Å²) in [4.78, 5) is 34.3. The minimum Gasteiger partial charge on any atom is -0.372 e. The number of hydrogen-bond donors (Lipinski definition) is 0. The van der Waals surface area contributed by atoms with Gasteiger partial charge in [0.25, 0.3) is 5.56 Å². The van der Waals surface area contributed by atoms with Crippen molar-refractivity contribution in [3.8, 4) is 0 Å². The number of carbonyl (C=O) groups is 1. The van der Waals surface area contributed by atoms with Crippen LogP contribution in [0, 0.1) is 0 Å². The lowest BCUT2D eigenvalue weighted by atomic mass is 10.0. The van der Waals surface area contributed by atoms with Crippen LogP contribution in [0.15, 0.2) is 10.9 Å². The molecule has 0 aliphatic carbocycles. The van der Waals surface area contributed by atoms with E-state index in [-0.39, 0.29) is 29.6 Å². The van der Waals surface area contributed by atoms with Crippen LogP contribution in [-0.2, 0) is 22.5 Å². The van der Waals surface area contributed by atoms with Crippen molar-refractivity contribution in [2.24, 2.45) is 0 Å². The monoisotopic (exact) mass is 388 g/mol. The maximum absolute atomic E-state index is 12.7. The van der Waals surface area contributed by atoms with Gasteiger partial charge in [-0.2, -0.15) is 0 Å². The molecule has 0 unspecified atom stereocenters. The zero-order chi connectivity index (χ0) is 19.7. The Bertz CT molecular complexity index is 767. The number of rotatable bonds is 3. The summed E-state index contributed by atoms with van der Waals surface area (Å²) in [5, 5.41) is 0. The molecule has 2 saturated heterocycles. The molecule has 0 radical (unpaired) electrons. The van der Waals surface area contributed by atoms with E-state index in [1.54, 1.807) is 6.07 Å². The minimum absolute atomic E-state index is 0.0905. The molecule has 28 heavy (non-hydrogen) atoms. The van der Waals surface area contributed by atoms with Crippen molar-refractivity contribution >= 4 is 5.91 Å². The number of ether oxygens (including phenoxy) is 1. The third-order valence-electron chi connectivity index (χ3n) is 6.21. The molecule has 0 bridgehead atoms. The number of hydrogen-bond acceptors (Lipinski definition) is 5. The number of aromatic nitrogens is 2. The number of morpholine rings is 1. The number of fused-ring (bicyclic) bond motifs is 1. The molecule has 1 aromatic rings. The first kappa shape index (κ1) is 19.6. The highest BCUT2D eigenvalue weighted by Crippen LogP contribution is 2.26. The molecule has 7 nitrogen and oxygen atoms in total. The minimum atomic E-state index is 0.0905. The molecule has 0 aromatic carbocycles. The van der Waals surface area contributed by atoms with Gasteiger partial charge >= 0.3 is 0 Å². The summed E-state index contributed by atoms with van der Waals surface area (Å²) in [6.07, 6.45) is 5.37. The highest BCUT2D eigenvalue weighted by molar-refractivity contribution is 5.78. The first-order valence-corrected chi connectivity index (χ1v) is 10.8. The van der Waals surface area contributed by atoms with Crippen LogP contribution in [0.25, 0.3) is 0 Å². The summed E-state index contributed by atoms with van der Waals surface area (Å²) >= 11 is 0. The number of aryl methyl sites for hydroxylation is 1. The highest BCUT2D eigenvalue weighted by Gasteiger charge is 2.31. The predicted molar refractivity (Wildman–Crippen MR) is 106 cm³/mol. The first-order chi connectivity index (χ1) is 13.5. The molecule has 1 amide bonds. The third-order valence-corrected chi connectivity index (χ3v) is 6.21. The summed E-state index contributed by atoms with van der Waals surface area (Å²) in [6, 6.07) is 1.73. The van der Waals surface area contributed by atoms with Crippen LogP contribution < -0.4 is 5.56 Å². The Kier molecular flexibility index (Phi) is 5.83. The van der Waals surface area contributed by atoms with E-state index in [4.69, 9.17) is 9.72 Å². The number of likely N-dealkylation sites (tertiary alicyclic amines) is 1. The van der Waals surface area contributed by atoms with Gasteiger partial charge in [0.1, 0.15) is 5.82 Å². The number of carbonyl (C=O) groups excluding carboxylic acids is 1. The molecule has 4 rings (SSSR count). The van der Waals surface area contributed by atoms with Gasteiger partial charge in [0.05, 0.1) is 24.4 Å². The lowest BCUT2D eigenvalue weighted by Crippen LogP contribution is -2.50. The molecule has 3 aliphatic heterocycles. The Morgan fingerprint density at radius 2 is 1.93 bits per heavy atom. The summed E-state index contributed by atoms with van der Waals surface area (Å²) in [7, 11) is 0. The number of amides is 1. The van der Waals surface area contributed by atoms with Gasteiger partial charge in [-0.3, -0.25) is 19.1 Å². The van der Waals surface area contributed by atoms with Gasteiger partial charge in [-0.1, -0.05) is 6.42 Å². The standard InChI is InChI=1S/C21H32N4O3/c1-15-11-24(12-16(2)28-15)21(27)14-23-9-7-17(13-23)18-10-20(26)25-8-5-3-4-6-19(25)22-18/h10,15-17H,3-9,11-14H2,1-2H3/t15-,16+,17-/m1/s1. The van der Waals surface area contributed by atoms with Gasteiger partial charge in [0, 0.05) is 44.6 Å². The molecule has 3 atom stereocenters. The van der Waals surface area contributed by atoms with Crippen molar-refractivity contribution in [3.05, 3.63) is 27.9 Å². The van der Waals surface area contributed by atoms with Crippen molar-refractivity contribution in [2.45, 2.75) is 70.6 Å². The van der Waals surface area contributed by atoms with Crippen LogP contribution in [0.2, 0.25) is 0 Å². The van der Waals surface area contributed by atoms with Crippen LogP contribution in [0.4, 0.5) is 0 Å². The highest BCUT2D eigenvalue weighted by atomic mass is 16.5. The second kappa shape index (κ2) is 8.33. The van der Waals surface area contributed by atoms with E-state index >= 15 is 0 Å². The largest absolute Gasteiger partial charge is 0.372 e. The zero-order valence-electron chi connectivity index (χ0n) is 17.1. The fraction of sp³-hybridized carbons (Fsp3) is 0.762. The molecular formula is C21H32N4O3. The Hall–Kier alpha value is -1.73. The van der Waals surface area contributed by atoms with Crippen LogP contribution in [0.3, 0.4) is 0 Å². The van der Waals surface area contributed by atoms with Gasteiger partial charge in [-0.25, -0.2) is 4.98 Å². The molecule has 2 fully saturated rings. The second-order valence-electron chi connectivity index (χ2n) is 8.67. The van der Waals surface area contributed by atoms with Gasteiger partial charge in [0.15, 0.2) is 0 Å². The molecule has 7 heteroatoms. The Morgan fingerprint density at radius 3 is 2.71 bits per heavy atom. The quantitative estimate of drug-likeness (QED) is 0.783. The summed E-state index contributed by atoms with van der Waals surface area (Å²) in [5.41, 5.74) is 1.01. The summed E-state index contributed by atoms with van der Waals surface area (Å²) < 4.78 is 7.58. The van der Waals surface area contributed by atoms with E-state index in [0.29, 0.717) is 19.6 Å². The van der Waals surface area contributed by atoms with Crippen molar-refractivity contribution < 1.29 is 9.53 Å². The van der Waals surface area contributed by atoms with E-state index in [2.05, 4.69) is 4.90 Å². The SMILES string of the molecule is C[C@@H]1CN(C(=O)CN2CC[C@@H](c3cc(=O)n4c(n3)CCCCC4)C2)C[C@H](C)O1. The lowest BCUT2D eigenvalue weighted by Gasteiger charge is -2.36. The molecule has 0 N–H and O–H groups in total. The van der Waals surface area contributed by atoms with Crippen LogP contribution in [-0.4, -0.2) is 70.2 Å². The lowest BCUT2D eigenvalue weighted by molar-refractivity contribution is -0.144. The van der Waals surface area contributed by atoms with Gasteiger partial charge in [-0.05, 0) is 39.7 Å². The topological polar surface area (TPSA) is 67.7 Å². The average molecular weight is 389 g/mol. The predicted octanol–water partition coefficient (Wildman–Crippen LogP) is 1.39. The van der Waals surface area contributed by atoms with Crippen LogP contribution in [0.1, 0.15) is 57.0 Å². The van der Waals surface area contributed by atoms with Crippen molar-refractivity contribution in [1.29, 1.82) is 0 Å². The normalized spacial score (nSPS) is 28.8. The second-order valence-corrected chi connectivity index (χ2v) is 8.67. The van der Waals surface area contributed by atoms with E-state index < -0.39 is 0 Å². The molecule has 3 aliphatic rings. The van der Waals surface area contributed by atoms with Gasteiger partial charge < -0.3 is 9.64 Å². The molecule has 154 valence electrons. The van der Waals surface area contributed by atoms with Gasteiger partial charge in [0.2, 0.25) is 5.91 Å². The first-order valence-electron chi connectivity index (χ1n) is 10.8. The Balaban J connectivity index is 1.39. The van der Waals surface area contributed by atoms with Crippen LogP contribution >= 0.6 is 0 Å². The fourth-order valence-corrected chi connectivity index (χ4v) is 4.83. The van der Waals surface area contributed by atoms with E-state index in [0.717, 1.165) is 63.3 Å².